The predicted octanol–water partition coefficient (Wildman–Crippen LogP) is 8.57. The molecule has 3 N–H and O–H groups in total. The molecule has 1 saturated carbocycles. The van der Waals surface area contributed by atoms with Crippen molar-refractivity contribution in [3.8, 4) is 32.1 Å². The Labute approximate surface area is 367 Å². The van der Waals surface area contributed by atoms with Gasteiger partial charge in [0.05, 0.1) is 48.8 Å². The van der Waals surface area contributed by atoms with Crippen LogP contribution in [0.1, 0.15) is 101 Å². The SMILES string of the molecule is COC(=O)N[C@H](C(=O)N1CCC[C@H]1C1=Nc2ccc(-c3ccc(-c4ccc(-c5cnc([C@@H]6CCCN6C(=O)[C@@H](NC(=O)OC)C(C)C)[nH]5)s4)c4c3CC3CCC43)cc2C1)C(C)C. The maximum absolute atomic E-state index is 13.8. The minimum Gasteiger partial charge on any atom is -0.453 e. The molecule has 0 spiro atoms. The number of carbonyl (C=O) groups is 4. The quantitative estimate of drug-likeness (QED) is 0.136. The summed E-state index contributed by atoms with van der Waals surface area (Å²) in [5, 5.41) is 5.49. The molecule has 9 rings (SSSR count). The van der Waals surface area contributed by atoms with E-state index in [0.29, 0.717) is 31.3 Å². The van der Waals surface area contributed by atoms with E-state index < -0.39 is 24.3 Å². The molecule has 326 valence electrons. The molecule has 2 unspecified atom stereocenters. The number of aromatic amines is 1. The summed E-state index contributed by atoms with van der Waals surface area (Å²) in [6.07, 6.45) is 8.34. The fourth-order valence-corrected chi connectivity index (χ4v) is 11.6. The highest BCUT2D eigenvalue weighted by Gasteiger charge is 2.43. The Balaban J connectivity index is 0.932. The predicted molar refractivity (Wildman–Crippen MR) is 239 cm³/mol. The van der Waals surface area contributed by atoms with Gasteiger partial charge in [0.2, 0.25) is 11.8 Å². The summed E-state index contributed by atoms with van der Waals surface area (Å²) < 4.78 is 9.63. The number of H-pyrrole nitrogens is 1. The van der Waals surface area contributed by atoms with Gasteiger partial charge in [-0.05, 0) is 126 Å². The Kier molecular flexibility index (Phi) is 11.5. The second-order valence-corrected chi connectivity index (χ2v) is 19.3. The van der Waals surface area contributed by atoms with Crippen LogP contribution in [0.25, 0.3) is 32.1 Å². The van der Waals surface area contributed by atoms with Crippen LogP contribution in [-0.2, 0) is 31.9 Å². The zero-order chi connectivity index (χ0) is 43.4. The molecule has 5 heterocycles. The monoisotopic (exact) mass is 859 g/mol. The zero-order valence-corrected chi connectivity index (χ0v) is 37.3. The van der Waals surface area contributed by atoms with Gasteiger partial charge >= 0.3 is 12.2 Å². The Hall–Kier alpha value is -5.50. The molecule has 0 radical (unpaired) electrons. The maximum Gasteiger partial charge on any atom is 0.407 e. The first-order chi connectivity index (χ1) is 29.9. The molecular formula is C48H57N7O6S. The highest BCUT2D eigenvalue weighted by atomic mass is 32.1. The fourth-order valence-electron chi connectivity index (χ4n) is 10.5. The molecule has 6 atom stereocenters. The summed E-state index contributed by atoms with van der Waals surface area (Å²) in [5.41, 5.74) is 10.9. The number of carbonyl (C=O) groups excluding carboxylic acids is 4. The fraction of sp³-hybridized carbons (Fsp3) is 0.500. The number of rotatable bonds is 11. The molecule has 0 bridgehead atoms. The van der Waals surface area contributed by atoms with Crippen molar-refractivity contribution in [2.24, 2.45) is 22.7 Å². The first-order valence-electron chi connectivity index (χ1n) is 22.3. The van der Waals surface area contributed by atoms with E-state index in [1.54, 1.807) is 11.3 Å². The van der Waals surface area contributed by atoms with Crippen LogP contribution < -0.4 is 10.6 Å². The number of ether oxygens (including phenoxy) is 2. The maximum atomic E-state index is 13.8. The van der Waals surface area contributed by atoms with Crippen molar-refractivity contribution >= 4 is 46.7 Å². The van der Waals surface area contributed by atoms with Gasteiger partial charge in [0.1, 0.15) is 17.9 Å². The number of aromatic nitrogens is 2. The molecule has 2 aliphatic carbocycles. The molecule has 2 aromatic carbocycles. The Morgan fingerprint density at radius 3 is 2.08 bits per heavy atom. The molecule has 14 heteroatoms. The van der Waals surface area contributed by atoms with Crippen molar-refractivity contribution in [1.29, 1.82) is 0 Å². The minimum atomic E-state index is -0.681. The van der Waals surface area contributed by atoms with Gasteiger partial charge in [-0.3, -0.25) is 14.6 Å². The van der Waals surface area contributed by atoms with Crippen molar-refractivity contribution in [2.45, 2.75) is 109 Å². The smallest absolute Gasteiger partial charge is 0.407 e. The molecule has 4 aromatic rings. The van der Waals surface area contributed by atoms with Crippen molar-refractivity contribution in [1.82, 2.24) is 30.4 Å². The lowest BCUT2D eigenvalue weighted by molar-refractivity contribution is -0.135. The number of aliphatic imine (C=N–C) groups is 1. The van der Waals surface area contributed by atoms with Gasteiger partial charge in [0.25, 0.3) is 0 Å². The average molecular weight is 860 g/mol. The van der Waals surface area contributed by atoms with Gasteiger partial charge in [-0.1, -0.05) is 45.9 Å². The number of alkyl carbamates (subject to hydrolysis) is 2. The van der Waals surface area contributed by atoms with Crippen LogP contribution in [0.15, 0.2) is 53.7 Å². The largest absolute Gasteiger partial charge is 0.453 e. The lowest BCUT2D eigenvalue weighted by Gasteiger charge is -2.31. The topological polar surface area (TPSA) is 158 Å². The summed E-state index contributed by atoms with van der Waals surface area (Å²) in [7, 11) is 2.62. The average Bonchev–Trinajstić information content (AvgIpc) is 4.11. The Morgan fingerprint density at radius 1 is 0.790 bits per heavy atom. The number of methoxy groups -OCH3 is 2. The molecule has 62 heavy (non-hydrogen) atoms. The second kappa shape index (κ2) is 17.0. The third-order valence-electron chi connectivity index (χ3n) is 13.9. The molecule has 3 fully saturated rings. The summed E-state index contributed by atoms with van der Waals surface area (Å²) in [4.78, 5) is 71.2. The molecular weight excluding hydrogens is 803 g/mol. The third kappa shape index (κ3) is 7.58. The minimum absolute atomic E-state index is 0.0823. The molecule has 2 aromatic heterocycles. The van der Waals surface area contributed by atoms with Crippen LogP contribution >= 0.6 is 11.3 Å². The number of benzene rings is 2. The summed E-state index contributed by atoms with van der Waals surface area (Å²) in [6, 6.07) is 14.1. The van der Waals surface area contributed by atoms with Crippen LogP contribution in [0.2, 0.25) is 0 Å². The Morgan fingerprint density at radius 2 is 1.44 bits per heavy atom. The summed E-state index contributed by atoms with van der Waals surface area (Å²) >= 11 is 1.77. The molecule has 2 saturated heterocycles. The number of fused-ring (bicyclic) bond motifs is 4. The van der Waals surface area contributed by atoms with E-state index in [1.165, 1.54) is 65.3 Å². The van der Waals surface area contributed by atoms with Crippen LogP contribution in [0.4, 0.5) is 15.3 Å². The first kappa shape index (κ1) is 41.8. The van der Waals surface area contributed by atoms with Crippen molar-refractivity contribution in [2.75, 3.05) is 27.3 Å². The van der Waals surface area contributed by atoms with E-state index in [4.69, 9.17) is 19.5 Å². The first-order valence-corrected chi connectivity index (χ1v) is 23.1. The van der Waals surface area contributed by atoms with Gasteiger partial charge in [-0.15, -0.1) is 11.3 Å². The standard InChI is InChI=1S/C48H57N7O6S/c1-25(2)42(52-47(58)60-5)45(56)54-19-7-9-37(54)35-23-29-21-27(12-16-34(29)50-35)30-14-15-32(41-31-13-11-28(31)22-33(30)41)39-17-18-40(62-39)36-24-49-44(51-36)38-10-8-20-55(38)46(57)43(26(3)4)53-48(59)61-6/h12,14-18,21,24-26,28,31,37-38,42-43H,7-11,13,19-20,22-23H2,1-6H3,(H,49,51)(H,52,58)(H,53,59)/t28?,31?,37-,38-,42-,43-/m0/s1. The van der Waals surface area contributed by atoms with Crippen LogP contribution in [0.5, 0.6) is 0 Å². The highest BCUT2D eigenvalue weighted by molar-refractivity contribution is 7.18. The van der Waals surface area contributed by atoms with Gasteiger partial charge < -0.3 is 34.9 Å². The second-order valence-electron chi connectivity index (χ2n) is 18.3. The number of thiophene rings is 1. The van der Waals surface area contributed by atoms with E-state index in [0.717, 1.165) is 59.9 Å². The number of nitrogens with one attached hydrogen (secondary N) is 3. The molecule has 4 amide bonds. The number of imidazole rings is 1. The zero-order valence-electron chi connectivity index (χ0n) is 36.5. The molecule has 13 nitrogen and oxygen atoms in total. The van der Waals surface area contributed by atoms with Gasteiger partial charge in [0, 0.05) is 30.1 Å². The van der Waals surface area contributed by atoms with E-state index >= 15 is 0 Å². The van der Waals surface area contributed by atoms with Crippen LogP contribution in [0, 0.1) is 17.8 Å². The van der Waals surface area contributed by atoms with Crippen molar-refractivity contribution in [3.63, 3.8) is 0 Å². The Bertz CT molecular complexity index is 2440. The van der Waals surface area contributed by atoms with Crippen molar-refractivity contribution in [3.05, 3.63) is 71.2 Å². The number of hydrogen-bond donors (Lipinski definition) is 3. The third-order valence-corrected chi connectivity index (χ3v) is 15.1. The number of nitrogens with zero attached hydrogens (tertiary/aromatic N) is 4. The molecule has 5 aliphatic rings. The number of amides is 4. The number of hydrogen-bond acceptors (Lipinski definition) is 9. The van der Waals surface area contributed by atoms with E-state index in [1.807, 2.05) is 43.7 Å². The van der Waals surface area contributed by atoms with Gasteiger partial charge in [-0.25, -0.2) is 14.6 Å². The van der Waals surface area contributed by atoms with E-state index in [-0.39, 0.29) is 35.7 Å². The highest BCUT2D eigenvalue weighted by Crippen LogP contribution is 2.57. The summed E-state index contributed by atoms with van der Waals surface area (Å²) in [6.45, 7) is 8.97. The van der Waals surface area contributed by atoms with E-state index in [9.17, 15) is 19.2 Å². The normalized spacial score (nSPS) is 22.2. The lowest BCUT2D eigenvalue weighted by atomic mass is 9.73. The lowest BCUT2D eigenvalue weighted by Crippen LogP contribution is -2.53. The van der Waals surface area contributed by atoms with Gasteiger partial charge in [-0.2, -0.15) is 0 Å². The van der Waals surface area contributed by atoms with Crippen molar-refractivity contribution < 1.29 is 28.7 Å². The number of likely N-dealkylation sites (tertiary alicyclic amines) is 2. The molecule has 3 aliphatic heterocycles. The van der Waals surface area contributed by atoms with Crippen LogP contribution in [-0.4, -0.2) is 94.9 Å². The van der Waals surface area contributed by atoms with E-state index in [2.05, 4.69) is 58.1 Å². The summed E-state index contributed by atoms with van der Waals surface area (Å²) in [5.74, 6) is 1.62. The van der Waals surface area contributed by atoms with Gasteiger partial charge in [0.15, 0.2) is 0 Å². The van der Waals surface area contributed by atoms with Crippen LogP contribution in [0.3, 0.4) is 0 Å².